The van der Waals surface area contributed by atoms with Crippen LogP contribution in [0.15, 0.2) is 24.3 Å². The first-order valence-corrected chi connectivity index (χ1v) is 7.29. The molecular formula is C16H25N2O2+. The number of amides is 1. The van der Waals surface area contributed by atoms with E-state index in [1.807, 2.05) is 17.0 Å². The molecule has 1 aromatic carbocycles. The fourth-order valence-corrected chi connectivity index (χ4v) is 2.29. The van der Waals surface area contributed by atoms with E-state index in [4.69, 9.17) is 4.74 Å². The van der Waals surface area contributed by atoms with Crippen LogP contribution in [0.5, 0.6) is 5.75 Å². The number of carbonyl (C=O) groups is 1. The van der Waals surface area contributed by atoms with Crippen molar-refractivity contribution in [2.45, 2.75) is 26.2 Å². The zero-order valence-electron chi connectivity index (χ0n) is 12.7. The summed E-state index contributed by atoms with van der Waals surface area (Å²) in [7, 11) is 0. The summed E-state index contributed by atoms with van der Waals surface area (Å²) in [6.07, 6.45) is 0. The summed E-state index contributed by atoms with van der Waals surface area (Å²) in [5.74, 6) is 0.841. The summed E-state index contributed by atoms with van der Waals surface area (Å²) in [6, 6.07) is 8.01. The molecule has 0 saturated carbocycles. The number of hydrogen-bond donors (Lipinski definition) is 1. The largest absolute Gasteiger partial charge is 0.484 e. The van der Waals surface area contributed by atoms with Crippen molar-refractivity contribution >= 4 is 5.91 Å². The van der Waals surface area contributed by atoms with E-state index < -0.39 is 0 Å². The molecule has 0 bridgehead atoms. The van der Waals surface area contributed by atoms with E-state index in [9.17, 15) is 4.79 Å². The van der Waals surface area contributed by atoms with Gasteiger partial charge in [0, 0.05) is 0 Å². The molecule has 1 heterocycles. The predicted molar refractivity (Wildman–Crippen MR) is 78.9 cm³/mol. The quantitative estimate of drug-likeness (QED) is 0.887. The van der Waals surface area contributed by atoms with E-state index in [-0.39, 0.29) is 17.9 Å². The fourth-order valence-electron chi connectivity index (χ4n) is 2.29. The van der Waals surface area contributed by atoms with Crippen molar-refractivity contribution in [2.24, 2.45) is 0 Å². The van der Waals surface area contributed by atoms with Crippen LogP contribution in [-0.4, -0.2) is 43.6 Å². The first-order chi connectivity index (χ1) is 9.47. The predicted octanol–water partition coefficient (Wildman–Crippen LogP) is 0.769. The minimum atomic E-state index is 0.0815. The Bertz CT molecular complexity index is 443. The summed E-state index contributed by atoms with van der Waals surface area (Å²) in [5, 5.41) is 2.23. The Labute approximate surface area is 121 Å². The molecule has 110 valence electrons. The molecule has 0 spiro atoms. The van der Waals surface area contributed by atoms with Gasteiger partial charge in [0.1, 0.15) is 5.75 Å². The molecule has 0 aromatic heterocycles. The molecule has 4 nitrogen and oxygen atoms in total. The molecule has 0 radical (unpaired) electrons. The SMILES string of the molecule is CC(C)(C)c1ccc(OCC(=O)N2CC[NH2+]CC2)cc1. The monoisotopic (exact) mass is 277 g/mol. The second kappa shape index (κ2) is 6.27. The smallest absolute Gasteiger partial charge is 0.260 e. The van der Waals surface area contributed by atoms with Gasteiger partial charge in [0.2, 0.25) is 0 Å². The van der Waals surface area contributed by atoms with Gasteiger partial charge in [-0.05, 0) is 23.1 Å². The number of ether oxygens (including phenoxy) is 1. The zero-order valence-corrected chi connectivity index (χ0v) is 12.7. The highest BCUT2D eigenvalue weighted by atomic mass is 16.5. The summed E-state index contributed by atoms with van der Waals surface area (Å²) >= 11 is 0. The van der Waals surface area contributed by atoms with Crippen LogP contribution in [0.1, 0.15) is 26.3 Å². The number of hydrogen-bond acceptors (Lipinski definition) is 2. The van der Waals surface area contributed by atoms with Crippen LogP contribution in [0.2, 0.25) is 0 Å². The van der Waals surface area contributed by atoms with Crippen LogP contribution in [-0.2, 0) is 10.2 Å². The third kappa shape index (κ3) is 3.97. The Morgan fingerprint density at radius 1 is 1.20 bits per heavy atom. The summed E-state index contributed by atoms with van der Waals surface area (Å²) in [5.41, 5.74) is 1.40. The first kappa shape index (κ1) is 14.9. The highest BCUT2D eigenvalue weighted by Crippen LogP contribution is 2.24. The van der Waals surface area contributed by atoms with Crippen LogP contribution >= 0.6 is 0 Å². The average molecular weight is 277 g/mol. The zero-order chi connectivity index (χ0) is 14.6. The van der Waals surface area contributed by atoms with E-state index in [1.54, 1.807) is 0 Å². The molecule has 20 heavy (non-hydrogen) atoms. The molecule has 0 atom stereocenters. The minimum Gasteiger partial charge on any atom is -0.484 e. The van der Waals surface area contributed by atoms with Gasteiger partial charge in [0.05, 0.1) is 26.2 Å². The molecule has 1 amide bonds. The summed E-state index contributed by atoms with van der Waals surface area (Å²) in [4.78, 5) is 13.9. The van der Waals surface area contributed by atoms with Crippen molar-refractivity contribution in [3.05, 3.63) is 29.8 Å². The van der Waals surface area contributed by atoms with Crippen LogP contribution in [0, 0.1) is 0 Å². The molecule has 1 saturated heterocycles. The van der Waals surface area contributed by atoms with Gasteiger partial charge in [-0.15, -0.1) is 0 Å². The van der Waals surface area contributed by atoms with Crippen molar-refractivity contribution in [2.75, 3.05) is 32.8 Å². The number of carbonyl (C=O) groups excluding carboxylic acids is 1. The number of quaternary nitrogens is 1. The Morgan fingerprint density at radius 3 is 2.35 bits per heavy atom. The van der Waals surface area contributed by atoms with Gasteiger partial charge in [-0.1, -0.05) is 32.9 Å². The fraction of sp³-hybridized carbons (Fsp3) is 0.562. The third-order valence-corrected chi connectivity index (χ3v) is 3.64. The Balaban J connectivity index is 1.86. The van der Waals surface area contributed by atoms with Crippen molar-refractivity contribution in [3.8, 4) is 5.75 Å². The highest BCUT2D eigenvalue weighted by Gasteiger charge is 2.18. The van der Waals surface area contributed by atoms with E-state index in [0.29, 0.717) is 0 Å². The lowest BCUT2D eigenvalue weighted by Gasteiger charge is -2.25. The topological polar surface area (TPSA) is 46.1 Å². The summed E-state index contributed by atoms with van der Waals surface area (Å²) in [6.45, 7) is 10.3. The van der Waals surface area contributed by atoms with Gasteiger partial charge in [-0.2, -0.15) is 0 Å². The maximum absolute atomic E-state index is 12.0. The first-order valence-electron chi connectivity index (χ1n) is 7.29. The van der Waals surface area contributed by atoms with Gasteiger partial charge in [-0.3, -0.25) is 4.79 Å². The lowest BCUT2D eigenvalue weighted by atomic mass is 9.87. The maximum atomic E-state index is 12.0. The Hall–Kier alpha value is -1.55. The highest BCUT2D eigenvalue weighted by molar-refractivity contribution is 5.77. The van der Waals surface area contributed by atoms with Crippen LogP contribution in [0.4, 0.5) is 0 Å². The second-order valence-corrected chi connectivity index (χ2v) is 6.31. The number of nitrogens with zero attached hydrogens (tertiary/aromatic N) is 1. The van der Waals surface area contributed by atoms with Gasteiger partial charge >= 0.3 is 0 Å². The number of benzene rings is 1. The lowest BCUT2D eigenvalue weighted by molar-refractivity contribution is -0.662. The van der Waals surface area contributed by atoms with Crippen LogP contribution < -0.4 is 10.1 Å². The standard InChI is InChI=1S/C16H24N2O2/c1-16(2,3)13-4-6-14(7-5-13)20-12-15(19)18-10-8-17-9-11-18/h4-7,17H,8-12H2,1-3H3/p+1. The number of nitrogens with two attached hydrogens (primary N) is 1. The van der Waals surface area contributed by atoms with Gasteiger partial charge in [-0.25, -0.2) is 0 Å². The van der Waals surface area contributed by atoms with E-state index in [0.717, 1.165) is 31.9 Å². The van der Waals surface area contributed by atoms with Crippen molar-refractivity contribution in [3.63, 3.8) is 0 Å². The molecular weight excluding hydrogens is 252 g/mol. The molecule has 1 fully saturated rings. The normalized spacial score (nSPS) is 16.1. The van der Waals surface area contributed by atoms with E-state index in [1.165, 1.54) is 5.56 Å². The Kier molecular flexibility index (Phi) is 4.65. The molecule has 0 aliphatic carbocycles. The van der Waals surface area contributed by atoms with E-state index >= 15 is 0 Å². The number of rotatable bonds is 3. The molecule has 1 aliphatic rings. The molecule has 2 rings (SSSR count). The maximum Gasteiger partial charge on any atom is 0.260 e. The van der Waals surface area contributed by atoms with Crippen molar-refractivity contribution in [1.82, 2.24) is 4.90 Å². The van der Waals surface area contributed by atoms with Gasteiger partial charge in [0.15, 0.2) is 6.61 Å². The average Bonchev–Trinajstić information content (AvgIpc) is 2.45. The van der Waals surface area contributed by atoms with Gasteiger partial charge < -0.3 is 15.0 Å². The number of piperazine rings is 1. The summed E-state index contributed by atoms with van der Waals surface area (Å²) < 4.78 is 5.59. The van der Waals surface area contributed by atoms with Crippen LogP contribution in [0.25, 0.3) is 0 Å². The molecule has 4 heteroatoms. The minimum absolute atomic E-state index is 0.0815. The molecule has 2 N–H and O–H groups in total. The second-order valence-electron chi connectivity index (χ2n) is 6.31. The molecule has 1 aliphatic heterocycles. The van der Waals surface area contributed by atoms with Gasteiger partial charge in [0.25, 0.3) is 5.91 Å². The third-order valence-electron chi connectivity index (χ3n) is 3.64. The van der Waals surface area contributed by atoms with E-state index in [2.05, 4.69) is 38.2 Å². The molecule has 0 unspecified atom stereocenters. The Morgan fingerprint density at radius 2 is 1.80 bits per heavy atom. The van der Waals surface area contributed by atoms with Crippen LogP contribution in [0.3, 0.4) is 0 Å². The van der Waals surface area contributed by atoms with Crippen molar-refractivity contribution < 1.29 is 14.8 Å². The molecule has 1 aromatic rings. The van der Waals surface area contributed by atoms with Crippen molar-refractivity contribution in [1.29, 1.82) is 0 Å². The lowest BCUT2D eigenvalue weighted by Crippen LogP contribution is -2.90.